The molecule has 2 rings (SSSR count). The molecule has 1 aliphatic heterocycles. The molecule has 72 valence electrons. The minimum Gasteiger partial charge on any atom is -0.304 e. The van der Waals surface area contributed by atoms with E-state index in [2.05, 4.69) is 0 Å². The van der Waals surface area contributed by atoms with Crippen molar-refractivity contribution in [3.63, 3.8) is 0 Å². The Morgan fingerprint density at radius 2 is 2.14 bits per heavy atom. The van der Waals surface area contributed by atoms with Gasteiger partial charge in [0.05, 0.1) is 12.2 Å². The number of Topliss-reactive ketones (excluding diaryl/α,β-unsaturated/α-hetero) is 1. The second kappa shape index (κ2) is 2.94. The summed E-state index contributed by atoms with van der Waals surface area (Å²) in [6, 6.07) is 5.57. The summed E-state index contributed by atoms with van der Waals surface area (Å²) in [5.74, 6) is -0.0557. The van der Waals surface area contributed by atoms with Gasteiger partial charge in [-0.15, -0.1) is 0 Å². The zero-order chi connectivity index (χ0) is 10.3. The molecule has 0 radical (unpaired) electrons. The predicted octanol–water partition coefficient (Wildman–Crippen LogP) is 1.54. The van der Waals surface area contributed by atoms with Gasteiger partial charge in [-0.3, -0.25) is 9.59 Å². The number of ketones is 1. The number of carbonyl (C=O) groups excluding carboxylic acids is 2. The van der Waals surface area contributed by atoms with Gasteiger partial charge in [-0.05, 0) is 19.1 Å². The Kier molecular flexibility index (Phi) is 1.88. The third-order valence-corrected chi connectivity index (χ3v) is 2.43. The zero-order valence-electron chi connectivity index (χ0n) is 8.20. The molecule has 0 atom stereocenters. The van der Waals surface area contributed by atoms with E-state index in [1.54, 1.807) is 0 Å². The molecule has 0 N–H and O–H groups in total. The van der Waals surface area contributed by atoms with Crippen LogP contribution in [0.25, 0.3) is 0 Å². The summed E-state index contributed by atoms with van der Waals surface area (Å²) in [5.41, 5.74) is 2.45. The zero-order valence-corrected chi connectivity index (χ0v) is 8.20. The highest BCUT2D eigenvalue weighted by molar-refractivity contribution is 6.15. The monoisotopic (exact) mass is 189 g/mol. The molecule has 14 heavy (non-hydrogen) atoms. The van der Waals surface area contributed by atoms with Crippen LogP contribution in [0.1, 0.15) is 22.8 Å². The molecule has 3 heteroatoms. The van der Waals surface area contributed by atoms with Crippen molar-refractivity contribution in [2.75, 3.05) is 11.4 Å². The normalized spacial score (nSPS) is 14.4. The molecule has 1 aromatic carbocycles. The summed E-state index contributed by atoms with van der Waals surface area (Å²) >= 11 is 0. The van der Waals surface area contributed by atoms with E-state index in [1.165, 1.54) is 11.8 Å². The van der Waals surface area contributed by atoms with Crippen LogP contribution in [0.2, 0.25) is 0 Å². The molecule has 0 aliphatic carbocycles. The third kappa shape index (κ3) is 1.21. The van der Waals surface area contributed by atoms with Gasteiger partial charge in [0.1, 0.15) is 0 Å². The first-order chi connectivity index (χ1) is 6.59. The van der Waals surface area contributed by atoms with E-state index in [0.29, 0.717) is 5.56 Å². The van der Waals surface area contributed by atoms with E-state index in [9.17, 15) is 9.59 Å². The van der Waals surface area contributed by atoms with Crippen LogP contribution >= 0.6 is 0 Å². The van der Waals surface area contributed by atoms with Crippen LogP contribution < -0.4 is 4.90 Å². The first-order valence-corrected chi connectivity index (χ1v) is 4.51. The molecular weight excluding hydrogens is 178 g/mol. The fourth-order valence-corrected chi connectivity index (χ4v) is 1.70. The number of hydrogen-bond acceptors (Lipinski definition) is 2. The van der Waals surface area contributed by atoms with Gasteiger partial charge in [0, 0.05) is 12.5 Å². The Balaban J connectivity index is 2.55. The smallest absolute Gasteiger partial charge is 0.224 e. The Morgan fingerprint density at radius 1 is 1.43 bits per heavy atom. The van der Waals surface area contributed by atoms with Crippen LogP contribution in [0.5, 0.6) is 0 Å². The van der Waals surface area contributed by atoms with E-state index in [0.717, 1.165) is 11.3 Å². The Hall–Kier alpha value is -1.64. The Bertz CT molecular complexity index is 423. The van der Waals surface area contributed by atoms with E-state index in [1.807, 2.05) is 25.1 Å². The summed E-state index contributed by atoms with van der Waals surface area (Å²) < 4.78 is 0. The minimum absolute atomic E-state index is 0.0268. The topological polar surface area (TPSA) is 37.4 Å². The maximum atomic E-state index is 11.5. The van der Waals surface area contributed by atoms with Crippen LogP contribution in [-0.2, 0) is 4.79 Å². The fourth-order valence-electron chi connectivity index (χ4n) is 1.70. The lowest BCUT2D eigenvalue weighted by molar-refractivity contribution is -0.116. The summed E-state index contributed by atoms with van der Waals surface area (Å²) in [6.07, 6.45) is 0. The van der Waals surface area contributed by atoms with Gasteiger partial charge in [-0.1, -0.05) is 11.6 Å². The van der Waals surface area contributed by atoms with Crippen LogP contribution in [0.4, 0.5) is 5.69 Å². The highest BCUT2D eigenvalue weighted by Gasteiger charge is 2.28. The van der Waals surface area contributed by atoms with Gasteiger partial charge < -0.3 is 4.90 Å². The van der Waals surface area contributed by atoms with Crippen LogP contribution in [0.15, 0.2) is 18.2 Å². The third-order valence-electron chi connectivity index (χ3n) is 2.43. The molecule has 0 unspecified atom stereocenters. The molecule has 1 aliphatic rings. The number of hydrogen-bond donors (Lipinski definition) is 0. The molecule has 0 aromatic heterocycles. The second-order valence-corrected chi connectivity index (χ2v) is 3.55. The highest BCUT2D eigenvalue weighted by Crippen LogP contribution is 2.28. The summed E-state index contributed by atoms with van der Waals surface area (Å²) in [6.45, 7) is 3.60. The number of rotatable bonds is 0. The van der Waals surface area contributed by atoms with Gasteiger partial charge in [0.15, 0.2) is 5.78 Å². The standard InChI is InChI=1S/C11H11NO2/c1-7-3-4-10-9(5-7)11(14)6-12(10)8(2)13/h3-5H,6H2,1-2H3. The number of amides is 1. The lowest BCUT2D eigenvalue weighted by atomic mass is 10.1. The van der Waals surface area contributed by atoms with Crippen LogP contribution in [0, 0.1) is 6.92 Å². The van der Waals surface area contributed by atoms with Crippen molar-refractivity contribution in [1.29, 1.82) is 0 Å². The molecule has 1 amide bonds. The van der Waals surface area contributed by atoms with Crippen molar-refractivity contribution in [3.05, 3.63) is 29.3 Å². The Labute approximate surface area is 82.3 Å². The minimum atomic E-state index is -0.0825. The quantitative estimate of drug-likeness (QED) is 0.620. The van der Waals surface area contributed by atoms with Crippen LogP contribution in [-0.4, -0.2) is 18.2 Å². The molecule has 0 spiro atoms. The fraction of sp³-hybridized carbons (Fsp3) is 0.273. The van der Waals surface area contributed by atoms with Crippen molar-refractivity contribution >= 4 is 17.4 Å². The second-order valence-electron chi connectivity index (χ2n) is 3.55. The Morgan fingerprint density at radius 3 is 2.79 bits per heavy atom. The van der Waals surface area contributed by atoms with Gasteiger partial charge >= 0.3 is 0 Å². The summed E-state index contributed by atoms with van der Waals surface area (Å²) in [4.78, 5) is 24.3. The van der Waals surface area contributed by atoms with E-state index in [4.69, 9.17) is 0 Å². The number of carbonyl (C=O) groups is 2. The number of aryl methyl sites for hydroxylation is 1. The lowest BCUT2D eigenvalue weighted by Crippen LogP contribution is -2.27. The maximum absolute atomic E-state index is 11.5. The lowest BCUT2D eigenvalue weighted by Gasteiger charge is -2.13. The molecule has 0 saturated heterocycles. The summed E-state index contributed by atoms with van der Waals surface area (Å²) in [5, 5.41) is 0. The predicted molar refractivity (Wildman–Crippen MR) is 53.5 cm³/mol. The van der Waals surface area contributed by atoms with Crippen molar-refractivity contribution in [1.82, 2.24) is 0 Å². The van der Waals surface area contributed by atoms with Crippen molar-refractivity contribution in [3.8, 4) is 0 Å². The molecule has 0 bridgehead atoms. The van der Waals surface area contributed by atoms with Gasteiger partial charge in [0.25, 0.3) is 0 Å². The molecule has 3 nitrogen and oxygen atoms in total. The van der Waals surface area contributed by atoms with Gasteiger partial charge in [-0.25, -0.2) is 0 Å². The molecular formula is C11H11NO2. The number of fused-ring (bicyclic) bond motifs is 1. The van der Waals surface area contributed by atoms with E-state index in [-0.39, 0.29) is 18.2 Å². The average Bonchev–Trinajstić information content (AvgIpc) is 2.44. The van der Waals surface area contributed by atoms with E-state index >= 15 is 0 Å². The first kappa shape index (κ1) is 8.94. The molecule has 0 fully saturated rings. The van der Waals surface area contributed by atoms with Crippen LogP contribution in [0.3, 0.4) is 0 Å². The maximum Gasteiger partial charge on any atom is 0.224 e. The van der Waals surface area contributed by atoms with E-state index < -0.39 is 0 Å². The van der Waals surface area contributed by atoms with Crippen molar-refractivity contribution in [2.24, 2.45) is 0 Å². The SMILES string of the molecule is CC(=O)N1CC(=O)c2cc(C)ccc21. The van der Waals surface area contributed by atoms with Crippen molar-refractivity contribution in [2.45, 2.75) is 13.8 Å². The molecule has 0 saturated carbocycles. The average molecular weight is 189 g/mol. The number of benzene rings is 1. The molecule has 1 heterocycles. The largest absolute Gasteiger partial charge is 0.304 e. The first-order valence-electron chi connectivity index (χ1n) is 4.51. The number of nitrogens with zero attached hydrogens (tertiary/aromatic N) is 1. The van der Waals surface area contributed by atoms with Crippen molar-refractivity contribution < 1.29 is 9.59 Å². The number of anilines is 1. The van der Waals surface area contributed by atoms with Gasteiger partial charge in [-0.2, -0.15) is 0 Å². The molecule has 1 aromatic rings. The summed E-state index contributed by atoms with van der Waals surface area (Å²) in [7, 11) is 0. The highest BCUT2D eigenvalue weighted by atomic mass is 16.2. The van der Waals surface area contributed by atoms with Gasteiger partial charge in [0.2, 0.25) is 5.91 Å².